The largest absolute Gasteiger partial charge is 0.292 e. The fourth-order valence-corrected chi connectivity index (χ4v) is 2.46. The lowest BCUT2D eigenvalue weighted by Crippen LogP contribution is -2.12. The lowest BCUT2D eigenvalue weighted by atomic mass is 9.94. The van der Waals surface area contributed by atoms with E-state index in [4.69, 9.17) is 0 Å². The molecule has 3 nitrogen and oxygen atoms in total. The molecule has 1 aromatic carbocycles. The first-order valence-electron chi connectivity index (χ1n) is 5.74. The van der Waals surface area contributed by atoms with Gasteiger partial charge in [-0.25, -0.2) is 0 Å². The first kappa shape index (κ1) is 13.4. The minimum absolute atomic E-state index is 0.231. The molecule has 0 amide bonds. The molecule has 1 aromatic heterocycles. The highest BCUT2D eigenvalue weighted by atomic mass is 79.9. The van der Waals surface area contributed by atoms with Gasteiger partial charge in [-0.3, -0.25) is 9.78 Å². The Balaban J connectivity index is 2.40. The van der Waals surface area contributed by atoms with Gasteiger partial charge in [0.1, 0.15) is 0 Å². The first-order valence-corrected chi connectivity index (χ1v) is 6.53. The molecule has 0 aliphatic carbocycles. The topological polar surface area (TPSA) is 53.8 Å². The zero-order valence-electron chi connectivity index (χ0n) is 10.3. The molecule has 1 heterocycles. The van der Waals surface area contributed by atoms with E-state index in [0.717, 1.165) is 10.0 Å². The number of halogens is 1. The molecule has 2 rings (SSSR count). The number of aromatic nitrogens is 1. The summed E-state index contributed by atoms with van der Waals surface area (Å²) in [6.07, 6.45) is 1.58. The van der Waals surface area contributed by atoms with E-state index in [2.05, 4.69) is 20.9 Å². The number of benzene rings is 1. The quantitative estimate of drug-likeness (QED) is 0.813. The zero-order valence-corrected chi connectivity index (χ0v) is 11.9. The molecule has 2 aromatic rings. The number of hydrogen-bond donors (Lipinski definition) is 0. The van der Waals surface area contributed by atoms with Crippen LogP contribution < -0.4 is 0 Å². The molecule has 19 heavy (non-hydrogen) atoms. The molecule has 0 radical (unpaired) electrons. The fourth-order valence-electron chi connectivity index (χ4n) is 1.85. The maximum atomic E-state index is 12.4. The van der Waals surface area contributed by atoms with Crippen molar-refractivity contribution in [3.63, 3.8) is 0 Å². The second kappa shape index (κ2) is 5.77. The Labute approximate surface area is 120 Å². The number of aryl methyl sites for hydroxylation is 1. The van der Waals surface area contributed by atoms with Crippen LogP contribution in [-0.4, -0.2) is 10.8 Å². The third-order valence-corrected chi connectivity index (χ3v) is 3.16. The normalized spacial score (nSPS) is 11.6. The van der Waals surface area contributed by atoms with E-state index in [1.807, 2.05) is 19.1 Å². The average molecular weight is 315 g/mol. The second-order valence-electron chi connectivity index (χ2n) is 4.20. The minimum Gasteiger partial charge on any atom is -0.292 e. The molecular weight excluding hydrogens is 304 g/mol. The first-order chi connectivity index (χ1) is 9.11. The predicted molar refractivity (Wildman–Crippen MR) is 75.8 cm³/mol. The zero-order chi connectivity index (χ0) is 13.8. The smallest absolute Gasteiger partial charge is 0.186 e. The number of nitriles is 1. The van der Waals surface area contributed by atoms with E-state index in [1.54, 1.807) is 36.5 Å². The summed E-state index contributed by atoms with van der Waals surface area (Å²) in [5.41, 5.74) is 1.96. The molecular formula is C15H11BrN2O. The summed E-state index contributed by atoms with van der Waals surface area (Å²) in [4.78, 5) is 16.5. The van der Waals surface area contributed by atoms with E-state index < -0.39 is 5.92 Å². The molecule has 94 valence electrons. The Morgan fingerprint density at radius 3 is 2.74 bits per heavy atom. The van der Waals surface area contributed by atoms with Crippen LogP contribution in [0.2, 0.25) is 0 Å². The van der Waals surface area contributed by atoms with Crippen molar-refractivity contribution in [1.29, 1.82) is 5.26 Å². The monoisotopic (exact) mass is 314 g/mol. The van der Waals surface area contributed by atoms with Crippen LogP contribution in [0.25, 0.3) is 0 Å². The van der Waals surface area contributed by atoms with Gasteiger partial charge in [-0.05, 0) is 42.8 Å². The number of rotatable bonds is 3. The van der Waals surface area contributed by atoms with Crippen LogP contribution in [0.3, 0.4) is 0 Å². The van der Waals surface area contributed by atoms with Crippen LogP contribution in [0.15, 0.2) is 47.1 Å². The SMILES string of the molecule is Cc1cc(Br)cc(C(=O)C(C#N)c2ccccn2)c1. The lowest BCUT2D eigenvalue weighted by molar-refractivity contribution is 0.0977. The highest BCUT2D eigenvalue weighted by Gasteiger charge is 2.23. The average Bonchev–Trinajstić information content (AvgIpc) is 2.39. The summed E-state index contributed by atoms with van der Waals surface area (Å²) in [7, 11) is 0. The minimum atomic E-state index is -0.866. The van der Waals surface area contributed by atoms with Crippen molar-refractivity contribution in [3.05, 3.63) is 63.9 Å². The van der Waals surface area contributed by atoms with E-state index in [1.165, 1.54) is 0 Å². The molecule has 1 unspecified atom stereocenters. The maximum absolute atomic E-state index is 12.4. The number of ketones is 1. The molecule has 1 atom stereocenters. The Hall–Kier alpha value is -1.99. The van der Waals surface area contributed by atoms with Crippen LogP contribution in [-0.2, 0) is 0 Å². The standard InChI is InChI=1S/C15H11BrN2O/c1-10-6-11(8-12(16)7-10)15(19)13(9-17)14-4-2-3-5-18-14/h2-8,13H,1H3. The van der Waals surface area contributed by atoms with Crippen LogP contribution in [0.1, 0.15) is 27.5 Å². The van der Waals surface area contributed by atoms with Gasteiger partial charge < -0.3 is 0 Å². The number of carbonyl (C=O) groups excluding carboxylic acids is 1. The van der Waals surface area contributed by atoms with Crippen molar-refractivity contribution in [2.75, 3.05) is 0 Å². The summed E-state index contributed by atoms with van der Waals surface area (Å²) < 4.78 is 0.827. The van der Waals surface area contributed by atoms with Crippen molar-refractivity contribution in [3.8, 4) is 6.07 Å². The van der Waals surface area contributed by atoms with Gasteiger partial charge in [0.15, 0.2) is 11.7 Å². The van der Waals surface area contributed by atoms with Crippen molar-refractivity contribution in [2.24, 2.45) is 0 Å². The fraction of sp³-hybridized carbons (Fsp3) is 0.133. The van der Waals surface area contributed by atoms with Gasteiger partial charge in [0.25, 0.3) is 0 Å². The van der Waals surface area contributed by atoms with E-state index in [-0.39, 0.29) is 5.78 Å². The second-order valence-corrected chi connectivity index (χ2v) is 5.11. The van der Waals surface area contributed by atoms with Gasteiger partial charge >= 0.3 is 0 Å². The number of Topliss-reactive ketones (excluding diaryl/α,β-unsaturated/α-hetero) is 1. The molecule has 0 saturated carbocycles. The van der Waals surface area contributed by atoms with Gasteiger partial charge in [0, 0.05) is 16.2 Å². The molecule has 0 bridgehead atoms. The van der Waals surface area contributed by atoms with Gasteiger partial charge in [-0.15, -0.1) is 0 Å². The number of hydrogen-bond acceptors (Lipinski definition) is 3. The molecule has 4 heteroatoms. The van der Waals surface area contributed by atoms with Gasteiger partial charge in [0.2, 0.25) is 0 Å². The third-order valence-electron chi connectivity index (χ3n) is 2.70. The molecule has 0 fully saturated rings. The van der Waals surface area contributed by atoms with Crippen molar-refractivity contribution in [2.45, 2.75) is 12.8 Å². The van der Waals surface area contributed by atoms with Crippen molar-refractivity contribution >= 4 is 21.7 Å². The Kier molecular flexibility index (Phi) is 4.08. The number of carbonyl (C=O) groups is 1. The van der Waals surface area contributed by atoms with Crippen LogP contribution in [0, 0.1) is 18.3 Å². The Morgan fingerprint density at radius 2 is 2.16 bits per heavy atom. The van der Waals surface area contributed by atoms with Gasteiger partial charge in [-0.2, -0.15) is 5.26 Å². The predicted octanol–water partition coefficient (Wildman–Crippen LogP) is 3.64. The highest BCUT2D eigenvalue weighted by molar-refractivity contribution is 9.10. The number of nitrogens with zero attached hydrogens (tertiary/aromatic N) is 2. The van der Waals surface area contributed by atoms with E-state index in [9.17, 15) is 10.1 Å². The summed E-state index contributed by atoms with van der Waals surface area (Å²) in [5, 5.41) is 9.23. The van der Waals surface area contributed by atoms with Crippen molar-refractivity contribution in [1.82, 2.24) is 4.98 Å². The molecule has 0 N–H and O–H groups in total. The lowest BCUT2D eigenvalue weighted by Gasteiger charge is -2.08. The van der Waals surface area contributed by atoms with Gasteiger partial charge in [-0.1, -0.05) is 22.0 Å². The van der Waals surface area contributed by atoms with E-state index in [0.29, 0.717) is 11.3 Å². The molecule has 0 aliphatic heterocycles. The Bertz CT molecular complexity index is 627. The van der Waals surface area contributed by atoms with Gasteiger partial charge in [0.05, 0.1) is 11.8 Å². The van der Waals surface area contributed by atoms with E-state index >= 15 is 0 Å². The molecule has 0 spiro atoms. The summed E-state index contributed by atoms with van der Waals surface area (Å²) in [6, 6.07) is 12.7. The molecule has 0 aliphatic rings. The molecule has 0 saturated heterocycles. The maximum Gasteiger partial charge on any atom is 0.186 e. The third kappa shape index (κ3) is 3.07. The summed E-state index contributed by atoms with van der Waals surface area (Å²) in [6.45, 7) is 1.91. The van der Waals surface area contributed by atoms with Crippen LogP contribution in [0.5, 0.6) is 0 Å². The summed E-state index contributed by atoms with van der Waals surface area (Å²) >= 11 is 3.36. The Morgan fingerprint density at radius 1 is 1.37 bits per heavy atom. The highest BCUT2D eigenvalue weighted by Crippen LogP contribution is 2.22. The van der Waals surface area contributed by atoms with Crippen molar-refractivity contribution < 1.29 is 4.79 Å². The van der Waals surface area contributed by atoms with Crippen LogP contribution in [0.4, 0.5) is 0 Å². The summed E-state index contributed by atoms with van der Waals surface area (Å²) in [5.74, 6) is -1.10. The number of pyridine rings is 1. The van der Waals surface area contributed by atoms with Crippen LogP contribution >= 0.6 is 15.9 Å².